The van der Waals surface area contributed by atoms with E-state index in [0.29, 0.717) is 21.3 Å². The lowest BCUT2D eigenvalue weighted by molar-refractivity contribution is -0.119. The quantitative estimate of drug-likeness (QED) is 0.859. The number of aliphatic hydroxyl groups is 1. The summed E-state index contributed by atoms with van der Waals surface area (Å²) in [5.74, 6) is -0.669. The molecule has 0 bridgehead atoms. The fourth-order valence-corrected chi connectivity index (χ4v) is 3.00. The van der Waals surface area contributed by atoms with E-state index < -0.39 is 18.1 Å². The van der Waals surface area contributed by atoms with Crippen molar-refractivity contribution in [2.45, 2.75) is 18.6 Å². The van der Waals surface area contributed by atoms with E-state index in [1.54, 1.807) is 18.2 Å². The Balaban J connectivity index is 2.06. The molecule has 18 heavy (non-hydrogen) atoms. The van der Waals surface area contributed by atoms with E-state index in [0.717, 1.165) is 0 Å². The van der Waals surface area contributed by atoms with E-state index in [2.05, 4.69) is 5.16 Å². The van der Waals surface area contributed by atoms with E-state index in [1.165, 1.54) is 0 Å². The standard InChI is InChI=1S/C12H9Cl2NO3/c13-5-2-1-3-6(14)9(5)11-10-7(16)4-8(17)12(10)18-15-11/h1-3,8,10,12,17H,4H2/t8-,10+,12+/m0/s1. The van der Waals surface area contributed by atoms with Crippen LogP contribution in [0, 0.1) is 5.92 Å². The zero-order valence-electron chi connectivity index (χ0n) is 9.14. The summed E-state index contributed by atoms with van der Waals surface area (Å²) < 4.78 is 0. The number of hydrogen-bond acceptors (Lipinski definition) is 4. The van der Waals surface area contributed by atoms with Crippen LogP contribution >= 0.6 is 23.2 Å². The van der Waals surface area contributed by atoms with E-state index in [4.69, 9.17) is 28.0 Å². The second kappa shape index (κ2) is 4.23. The lowest BCUT2D eigenvalue weighted by atomic mass is 9.93. The number of halogens is 2. The summed E-state index contributed by atoms with van der Waals surface area (Å²) in [6.07, 6.45) is -1.35. The Morgan fingerprint density at radius 2 is 2.00 bits per heavy atom. The molecule has 0 spiro atoms. The van der Waals surface area contributed by atoms with Crippen LogP contribution in [0.3, 0.4) is 0 Å². The number of rotatable bonds is 1. The lowest BCUT2D eigenvalue weighted by Gasteiger charge is -2.11. The molecule has 0 aromatic heterocycles. The molecule has 1 aromatic rings. The van der Waals surface area contributed by atoms with E-state index in [1.807, 2.05) is 0 Å². The maximum Gasteiger partial charge on any atom is 0.169 e. The Hall–Kier alpha value is -1.10. The smallest absolute Gasteiger partial charge is 0.169 e. The first-order chi connectivity index (χ1) is 8.59. The van der Waals surface area contributed by atoms with E-state index >= 15 is 0 Å². The summed E-state index contributed by atoms with van der Waals surface area (Å²) in [5, 5.41) is 14.4. The second-order valence-electron chi connectivity index (χ2n) is 4.36. The number of fused-ring (bicyclic) bond motifs is 1. The average molecular weight is 286 g/mol. The van der Waals surface area contributed by atoms with Crippen LogP contribution in [0.1, 0.15) is 12.0 Å². The molecule has 3 rings (SSSR count). The summed E-state index contributed by atoms with van der Waals surface area (Å²) in [7, 11) is 0. The van der Waals surface area contributed by atoms with Crippen molar-refractivity contribution in [2.24, 2.45) is 11.1 Å². The van der Waals surface area contributed by atoms with Crippen LogP contribution in [0.25, 0.3) is 0 Å². The predicted molar refractivity (Wildman–Crippen MR) is 67.0 cm³/mol. The van der Waals surface area contributed by atoms with Crippen molar-refractivity contribution in [3.05, 3.63) is 33.8 Å². The van der Waals surface area contributed by atoms with Gasteiger partial charge in [-0.2, -0.15) is 0 Å². The van der Waals surface area contributed by atoms with Gasteiger partial charge in [-0.05, 0) is 12.1 Å². The summed E-state index contributed by atoms with van der Waals surface area (Å²) in [6, 6.07) is 5.07. The highest BCUT2D eigenvalue weighted by Crippen LogP contribution is 2.37. The third-order valence-electron chi connectivity index (χ3n) is 3.25. The van der Waals surface area contributed by atoms with Crippen LogP contribution in [0.5, 0.6) is 0 Å². The van der Waals surface area contributed by atoms with Gasteiger partial charge in [-0.1, -0.05) is 34.4 Å². The van der Waals surface area contributed by atoms with Crippen LogP contribution < -0.4 is 0 Å². The minimum absolute atomic E-state index is 0.0798. The van der Waals surface area contributed by atoms with Crippen LogP contribution in [0.2, 0.25) is 10.0 Å². The number of carbonyl (C=O) groups is 1. The summed E-state index contributed by atoms with van der Waals surface area (Å²) in [6.45, 7) is 0. The fraction of sp³-hybridized carbons (Fsp3) is 0.333. The molecular weight excluding hydrogens is 277 g/mol. The molecule has 1 fully saturated rings. The van der Waals surface area contributed by atoms with E-state index in [-0.39, 0.29) is 12.2 Å². The van der Waals surface area contributed by atoms with Crippen LogP contribution in [-0.4, -0.2) is 28.8 Å². The molecule has 6 heteroatoms. The zero-order valence-corrected chi connectivity index (χ0v) is 10.6. The van der Waals surface area contributed by atoms with Crippen molar-refractivity contribution < 1.29 is 14.7 Å². The SMILES string of the molecule is O=C1C[C@H](O)[C@H]2ON=C(c3c(Cl)cccc3Cl)[C@@H]12. The molecule has 0 saturated heterocycles. The monoisotopic (exact) mass is 285 g/mol. The van der Waals surface area contributed by atoms with Crippen LogP contribution in [-0.2, 0) is 9.63 Å². The van der Waals surface area contributed by atoms with Gasteiger partial charge in [0.05, 0.1) is 10.0 Å². The number of benzene rings is 1. The number of aliphatic hydroxyl groups excluding tert-OH is 1. The van der Waals surface area contributed by atoms with Gasteiger partial charge in [0.25, 0.3) is 0 Å². The van der Waals surface area contributed by atoms with Crippen molar-refractivity contribution in [3.8, 4) is 0 Å². The van der Waals surface area contributed by atoms with Crippen molar-refractivity contribution in [1.82, 2.24) is 0 Å². The third-order valence-corrected chi connectivity index (χ3v) is 3.88. The molecule has 0 radical (unpaired) electrons. The maximum atomic E-state index is 11.9. The molecule has 2 aliphatic rings. The number of carbonyl (C=O) groups excluding carboxylic acids is 1. The van der Waals surface area contributed by atoms with E-state index in [9.17, 15) is 9.90 Å². The van der Waals surface area contributed by atoms with Crippen LogP contribution in [0.15, 0.2) is 23.4 Å². The molecule has 4 nitrogen and oxygen atoms in total. The molecule has 3 atom stereocenters. The minimum Gasteiger partial charge on any atom is -0.389 e. The molecule has 0 amide bonds. The van der Waals surface area contributed by atoms with Gasteiger partial charge in [0, 0.05) is 12.0 Å². The first kappa shape index (κ1) is 12.0. The Morgan fingerprint density at radius 3 is 2.67 bits per heavy atom. The summed E-state index contributed by atoms with van der Waals surface area (Å²) >= 11 is 12.2. The molecule has 1 N–H and O–H groups in total. The Kier molecular flexibility index (Phi) is 2.81. The Morgan fingerprint density at radius 1 is 1.33 bits per heavy atom. The minimum atomic E-state index is -0.815. The average Bonchev–Trinajstić information content (AvgIpc) is 2.83. The molecule has 1 aliphatic heterocycles. The number of ketones is 1. The predicted octanol–water partition coefficient (Wildman–Crippen LogP) is 2.05. The largest absolute Gasteiger partial charge is 0.389 e. The van der Waals surface area contributed by atoms with Gasteiger partial charge in [-0.3, -0.25) is 4.79 Å². The van der Waals surface area contributed by atoms with Crippen molar-refractivity contribution in [3.63, 3.8) is 0 Å². The van der Waals surface area contributed by atoms with Gasteiger partial charge in [0.2, 0.25) is 0 Å². The summed E-state index contributed by atoms with van der Waals surface area (Å²) in [5.41, 5.74) is 0.924. The molecule has 0 unspecified atom stereocenters. The van der Waals surface area contributed by atoms with Gasteiger partial charge in [0.1, 0.15) is 23.5 Å². The number of hydrogen-bond donors (Lipinski definition) is 1. The number of nitrogens with zero attached hydrogens (tertiary/aromatic N) is 1. The highest BCUT2D eigenvalue weighted by molar-refractivity contribution is 6.41. The Labute approximate surface area is 113 Å². The van der Waals surface area contributed by atoms with Crippen molar-refractivity contribution in [2.75, 3.05) is 0 Å². The fourth-order valence-electron chi connectivity index (χ4n) is 2.41. The third kappa shape index (κ3) is 1.64. The second-order valence-corrected chi connectivity index (χ2v) is 5.17. The van der Waals surface area contributed by atoms with Gasteiger partial charge < -0.3 is 9.94 Å². The number of oxime groups is 1. The highest BCUT2D eigenvalue weighted by Gasteiger charge is 2.51. The zero-order chi connectivity index (χ0) is 12.9. The normalized spacial score (nSPS) is 30.1. The van der Waals surface area contributed by atoms with Gasteiger partial charge in [-0.15, -0.1) is 0 Å². The summed E-state index contributed by atoms with van der Waals surface area (Å²) in [4.78, 5) is 17.0. The maximum absolute atomic E-state index is 11.9. The molecule has 94 valence electrons. The van der Waals surface area contributed by atoms with Crippen molar-refractivity contribution >= 4 is 34.7 Å². The van der Waals surface area contributed by atoms with Crippen LogP contribution in [0.4, 0.5) is 0 Å². The molecule has 1 saturated carbocycles. The topological polar surface area (TPSA) is 58.9 Å². The molecule has 1 aromatic carbocycles. The highest BCUT2D eigenvalue weighted by atomic mass is 35.5. The molecule has 1 aliphatic carbocycles. The van der Waals surface area contributed by atoms with Crippen molar-refractivity contribution in [1.29, 1.82) is 0 Å². The van der Waals surface area contributed by atoms with Gasteiger partial charge >= 0.3 is 0 Å². The first-order valence-electron chi connectivity index (χ1n) is 5.48. The molecular formula is C12H9Cl2NO3. The number of Topliss-reactive ketones (excluding diaryl/α,β-unsaturated/α-hetero) is 1. The lowest BCUT2D eigenvalue weighted by Crippen LogP contribution is -2.28. The molecule has 1 heterocycles. The van der Waals surface area contributed by atoms with Gasteiger partial charge in [-0.25, -0.2) is 0 Å². The first-order valence-corrected chi connectivity index (χ1v) is 6.24. The Bertz CT molecular complexity index is 538. The van der Waals surface area contributed by atoms with Gasteiger partial charge in [0.15, 0.2) is 6.10 Å².